The fraction of sp³-hybridized carbons (Fsp3) is 0.273. The molecule has 202 valence electrons. The highest BCUT2D eigenvalue weighted by Crippen LogP contribution is 2.57. The first-order valence-electron chi connectivity index (χ1n) is 13.1. The summed E-state index contributed by atoms with van der Waals surface area (Å²) >= 11 is 0. The van der Waals surface area contributed by atoms with Crippen molar-refractivity contribution in [3.8, 4) is 22.6 Å². The van der Waals surface area contributed by atoms with Crippen molar-refractivity contribution in [2.75, 3.05) is 27.4 Å². The average molecular weight is 527 g/mol. The maximum atomic E-state index is 11.1. The Morgan fingerprint density at radius 1 is 0.590 bits per heavy atom. The van der Waals surface area contributed by atoms with Gasteiger partial charge in [0.2, 0.25) is 0 Å². The van der Waals surface area contributed by atoms with E-state index in [1.54, 1.807) is 14.2 Å². The lowest BCUT2D eigenvalue weighted by atomic mass is 9.66. The van der Waals surface area contributed by atoms with Crippen molar-refractivity contribution in [3.05, 3.63) is 117 Å². The maximum absolute atomic E-state index is 11.1. The van der Waals surface area contributed by atoms with Crippen LogP contribution in [0.25, 0.3) is 11.1 Å². The molecule has 4 aromatic rings. The van der Waals surface area contributed by atoms with E-state index >= 15 is 0 Å². The molecule has 0 saturated carbocycles. The van der Waals surface area contributed by atoms with Crippen LogP contribution in [0.2, 0.25) is 0 Å². The zero-order valence-electron chi connectivity index (χ0n) is 22.3. The van der Waals surface area contributed by atoms with Gasteiger partial charge >= 0.3 is 0 Å². The number of ether oxygens (including phenoxy) is 2. The van der Waals surface area contributed by atoms with Crippen LogP contribution in [0.1, 0.15) is 44.5 Å². The number of hydrogen-bond acceptors (Lipinski definition) is 6. The number of hydrogen-bond donors (Lipinski definition) is 4. The standard InChI is InChI=1S/C33H34O6/c1-38-19-23-17-26(18-24(20-39-2)32(23)37)33(25-15-21(11-13-34)31(36)22(16-25)12-14-35)29-9-5-3-7-27(29)28-8-4-6-10-30(28)33/h3-10,15-18,34-37H,11-14,19-20H2,1-2H3. The molecule has 0 atom stereocenters. The van der Waals surface area contributed by atoms with Crippen LogP contribution in [0.4, 0.5) is 0 Å². The van der Waals surface area contributed by atoms with Crippen LogP contribution >= 0.6 is 0 Å². The number of aromatic hydroxyl groups is 2. The average Bonchev–Trinajstić information content (AvgIpc) is 3.25. The largest absolute Gasteiger partial charge is 0.507 e. The topological polar surface area (TPSA) is 99.4 Å². The highest BCUT2D eigenvalue weighted by atomic mass is 16.5. The number of aliphatic hydroxyl groups excluding tert-OH is 2. The Labute approximate surface area is 228 Å². The minimum atomic E-state index is -0.812. The van der Waals surface area contributed by atoms with Crippen molar-refractivity contribution < 1.29 is 29.9 Å². The van der Waals surface area contributed by atoms with E-state index in [1.807, 2.05) is 48.5 Å². The summed E-state index contributed by atoms with van der Waals surface area (Å²) in [6.45, 7) is 0.198. The first kappa shape index (κ1) is 26.9. The normalized spacial score (nSPS) is 13.3. The summed E-state index contributed by atoms with van der Waals surface area (Å²) < 4.78 is 10.9. The monoisotopic (exact) mass is 526 g/mol. The summed E-state index contributed by atoms with van der Waals surface area (Å²) in [7, 11) is 3.20. The first-order chi connectivity index (χ1) is 19.0. The number of fused-ring (bicyclic) bond motifs is 3. The summed E-state index contributed by atoms with van der Waals surface area (Å²) in [5.74, 6) is 0.243. The smallest absolute Gasteiger partial charge is 0.126 e. The minimum absolute atomic E-state index is 0.0995. The van der Waals surface area contributed by atoms with E-state index in [-0.39, 0.29) is 50.8 Å². The third kappa shape index (κ3) is 4.39. The molecule has 1 aliphatic rings. The van der Waals surface area contributed by atoms with Crippen molar-refractivity contribution in [1.82, 2.24) is 0 Å². The van der Waals surface area contributed by atoms with E-state index in [1.165, 1.54) is 0 Å². The molecule has 0 saturated heterocycles. The zero-order valence-corrected chi connectivity index (χ0v) is 22.3. The Kier molecular flexibility index (Phi) is 7.73. The molecule has 0 radical (unpaired) electrons. The van der Waals surface area contributed by atoms with Crippen molar-refractivity contribution in [2.45, 2.75) is 31.5 Å². The van der Waals surface area contributed by atoms with E-state index in [9.17, 15) is 20.4 Å². The predicted octanol–water partition coefficient (Wildman–Crippen LogP) is 4.82. The molecule has 6 nitrogen and oxygen atoms in total. The summed E-state index contributed by atoms with van der Waals surface area (Å²) in [5.41, 5.74) is 7.88. The number of phenolic OH excluding ortho intramolecular Hbond substituents is 2. The predicted molar refractivity (Wildman–Crippen MR) is 150 cm³/mol. The molecule has 5 rings (SSSR count). The van der Waals surface area contributed by atoms with E-state index in [0.29, 0.717) is 22.3 Å². The molecule has 4 N–H and O–H groups in total. The highest BCUT2D eigenvalue weighted by Gasteiger charge is 2.47. The minimum Gasteiger partial charge on any atom is -0.507 e. The highest BCUT2D eigenvalue weighted by molar-refractivity contribution is 5.86. The van der Waals surface area contributed by atoms with Crippen LogP contribution in [-0.4, -0.2) is 47.9 Å². The lowest BCUT2D eigenvalue weighted by Gasteiger charge is -2.35. The summed E-state index contributed by atoms with van der Waals surface area (Å²) in [5, 5.41) is 41.8. The van der Waals surface area contributed by atoms with Crippen molar-refractivity contribution in [1.29, 1.82) is 0 Å². The van der Waals surface area contributed by atoms with Crippen molar-refractivity contribution in [3.63, 3.8) is 0 Å². The Bertz CT molecular complexity index is 1320. The van der Waals surface area contributed by atoms with Crippen molar-refractivity contribution >= 4 is 0 Å². The van der Waals surface area contributed by atoms with Crippen LogP contribution in [0.15, 0.2) is 72.8 Å². The van der Waals surface area contributed by atoms with Crippen LogP contribution in [0.5, 0.6) is 11.5 Å². The molecule has 4 aromatic carbocycles. The molecular weight excluding hydrogens is 492 g/mol. The lowest BCUT2D eigenvalue weighted by molar-refractivity contribution is 0.174. The third-order valence-corrected chi connectivity index (χ3v) is 7.72. The molecule has 0 aromatic heterocycles. The van der Waals surface area contributed by atoms with Gasteiger partial charge in [0.05, 0.1) is 18.6 Å². The molecule has 1 aliphatic carbocycles. The van der Waals surface area contributed by atoms with Gasteiger partial charge in [-0.15, -0.1) is 0 Å². The van der Waals surface area contributed by atoms with E-state index in [4.69, 9.17) is 9.47 Å². The van der Waals surface area contributed by atoms with Gasteiger partial charge in [-0.1, -0.05) is 60.7 Å². The molecule has 0 fully saturated rings. The van der Waals surface area contributed by atoms with Gasteiger partial charge in [-0.25, -0.2) is 0 Å². The number of phenols is 2. The molecule has 0 heterocycles. The van der Waals surface area contributed by atoms with Gasteiger partial charge in [0, 0.05) is 38.6 Å². The number of methoxy groups -OCH3 is 2. The van der Waals surface area contributed by atoms with Gasteiger partial charge in [-0.2, -0.15) is 0 Å². The first-order valence-corrected chi connectivity index (χ1v) is 13.1. The number of benzene rings is 4. The van der Waals surface area contributed by atoms with Crippen molar-refractivity contribution in [2.24, 2.45) is 0 Å². The number of rotatable bonds is 10. The van der Waals surface area contributed by atoms with Gasteiger partial charge in [0.1, 0.15) is 11.5 Å². The third-order valence-electron chi connectivity index (χ3n) is 7.72. The SMILES string of the molecule is COCc1cc(C2(c3cc(CCO)c(O)c(CCO)c3)c3ccccc3-c3ccccc32)cc(COC)c1O. The molecular formula is C33H34O6. The van der Waals surface area contributed by atoms with Gasteiger partial charge in [-0.3, -0.25) is 0 Å². The maximum Gasteiger partial charge on any atom is 0.126 e. The van der Waals surface area contributed by atoms with Gasteiger partial charge < -0.3 is 29.9 Å². The van der Waals surface area contributed by atoms with E-state index in [0.717, 1.165) is 33.4 Å². The molecule has 39 heavy (non-hydrogen) atoms. The quantitative estimate of drug-likeness (QED) is 0.208. The Morgan fingerprint density at radius 2 is 0.974 bits per heavy atom. The van der Waals surface area contributed by atoms with Crippen LogP contribution in [0, 0.1) is 0 Å². The summed E-state index contributed by atoms with van der Waals surface area (Å²) in [4.78, 5) is 0. The van der Waals surface area contributed by atoms with Gasteiger partial charge in [0.25, 0.3) is 0 Å². The molecule has 0 amide bonds. The Balaban J connectivity index is 1.95. The van der Waals surface area contributed by atoms with Crippen LogP contribution in [-0.2, 0) is 40.9 Å². The Morgan fingerprint density at radius 3 is 1.38 bits per heavy atom. The van der Waals surface area contributed by atoms with E-state index < -0.39 is 5.41 Å². The summed E-state index contributed by atoms with van der Waals surface area (Å²) in [6.07, 6.45) is 0.549. The molecule has 6 heteroatoms. The fourth-order valence-corrected chi connectivity index (χ4v) is 6.13. The fourth-order valence-electron chi connectivity index (χ4n) is 6.13. The molecule has 0 spiro atoms. The second-order valence-electron chi connectivity index (χ2n) is 9.94. The van der Waals surface area contributed by atoms with E-state index in [2.05, 4.69) is 24.3 Å². The van der Waals surface area contributed by atoms with Crippen LogP contribution < -0.4 is 0 Å². The second kappa shape index (κ2) is 11.2. The second-order valence-corrected chi connectivity index (χ2v) is 9.94. The number of aliphatic hydroxyl groups is 2. The zero-order chi connectivity index (χ0) is 27.6. The Hall–Kier alpha value is -3.68. The molecule has 0 bridgehead atoms. The van der Waals surface area contributed by atoms with Crippen LogP contribution in [0.3, 0.4) is 0 Å². The molecule has 0 unspecified atom stereocenters. The molecule has 0 aliphatic heterocycles. The van der Waals surface area contributed by atoms with Gasteiger partial charge in [-0.05, 0) is 69.5 Å². The summed E-state index contributed by atoms with van der Waals surface area (Å²) in [6, 6.07) is 24.5. The lowest BCUT2D eigenvalue weighted by Crippen LogP contribution is -2.29. The van der Waals surface area contributed by atoms with Gasteiger partial charge in [0.15, 0.2) is 0 Å².